The van der Waals surface area contributed by atoms with Gasteiger partial charge in [-0.3, -0.25) is 9.78 Å². The van der Waals surface area contributed by atoms with E-state index in [9.17, 15) is 4.79 Å². The standard InChI is InChI=1S/C18H25N5OS/c1-4-23-16(15-5-9-19-10-6-15)20-21-18(23)25-14(3)17(24)22-11-7-13(2)8-12-22/h5-6,9-10,13-14H,4,7-8,11-12H2,1-3H3/t14-/m0/s1. The zero-order valence-corrected chi connectivity index (χ0v) is 15.9. The molecule has 0 saturated carbocycles. The van der Waals surface area contributed by atoms with Crippen molar-refractivity contribution < 1.29 is 4.79 Å². The van der Waals surface area contributed by atoms with Crippen LogP contribution in [0.5, 0.6) is 0 Å². The average Bonchev–Trinajstić information content (AvgIpc) is 3.05. The minimum Gasteiger partial charge on any atom is -0.342 e. The molecule has 2 aromatic heterocycles. The first-order valence-corrected chi connectivity index (χ1v) is 9.77. The van der Waals surface area contributed by atoms with Gasteiger partial charge in [-0.05, 0) is 44.7 Å². The minimum absolute atomic E-state index is 0.159. The molecule has 0 bridgehead atoms. The van der Waals surface area contributed by atoms with E-state index in [1.54, 1.807) is 12.4 Å². The molecule has 1 fully saturated rings. The Labute approximate surface area is 153 Å². The summed E-state index contributed by atoms with van der Waals surface area (Å²) in [6.07, 6.45) is 5.70. The van der Waals surface area contributed by atoms with Crippen LogP contribution in [0.25, 0.3) is 11.4 Å². The highest BCUT2D eigenvalue weighted by atomic mass is 32.2. The normalized spacial score (nSPS) is 16.8. The van der Waals surface area contributed by atoms with E-state index in [0.29, 0.717) is 0 Å². The van der Waals surface area contributed by atoms with Crippen LogP contribution in [0.3, 0.4) is 0 Å². The second kappa shape index (κ2) is 7.99. The van der Waals surface area contributed by atoms with Crippen molar-refractivity contribution in [2.75, 3.05) is 13.1 Å². The van der Waals surface area contributed by atoms with E-state index in [1.807, 2.05) is 24.0 Å². The zero-order chi connectivity index (χ0) is 17.8. The average molecular weight is 359 g/mol. The molecule has 7 heteroatoms. The molecule has 0 unspecified atom stereocenters. The van der Waals surface area contributed by atoms with Gasteiger partial charge in [0.05, 0.1) is 5.25 Å². The van der Waals surface area contributed by atoms with Crippen LogP contribution in [-0.2, 0) is 11.3 Å². The van der Waals surface area contributed by atoms with Crippen LogP contribution >= 0.6 is 11.8 Å². The van der Waals surface area contributed by atoms with Crippen LogP contribution in [-0.4, -0.2) is 48.9 Å². The first kappa shape index (κ1) is 17.9. The van der Waals surface area contributed by atoms with Gasteiger partial charge in [0, 0.05) is 37.6 Å². The summed E-state index contributed by atoms with van der Waals surface area (Å²) in [4.78, 5) is 18.8. The SMILES string of the molecule is CCn1c(S[C@@H](C)C(=O)N2CCC(C)CC2)nnc1-c1ccncc1. The van der Waals surface area contributed by atoms with Crippen molar-refractivity contribution in [2.24, 2.45) is 5.92 Å². The van der Waals surface area contributed by atoms with Gasteiger partial charge in [-0.15, -0.1) is 10.2 Å². The number of thioether (sulfide) groups is 1. The van der Waals surface area contributed by atoms with Gasteiger partial charge in [0.1, 0.15) is 0 Å². The second-order valence-electron chi connectivity index (χ2n) is 6.55. The number of carbonyl (C=O) groups excluding carboxylic acids is 1. The number of carbonyl (C=O) groups is 1. The molecule has 0 aliphatic carbocycles. The van der Waals surface area contributed by atoms with Crippen molar-refractivity contribution in [3.63, 3.8) is 0 Å². The maximum atomic E-state index is 12.7. The lowest BCUT2D eigenvalue weighted by Gasteiger charge is -2.31. The van der Waals surface area contributed by atoms with Crippen molar-refractivity contribution >= 4 is 17.7 Å². The molecule has 25 heavy (non-hydrogen) atoms. The van der Waals surface area contributed by atoms with Gasteiger partial charge in [0.2, 0.25) is 5.91 Å². The van der Waals surface area contributed by atoms with Gasteiger partial charge in [-0.2, -0.15) is 0 Å². The highest BCUT2D eigenvalue weighted by molar-refractivity contribution is 8.00. The molecule has 0 N–H and O–H groups in total. The summed E-state index contributed by atoms with van der Waals surface area (Å²) < 4.78 is 2.06. The van der Waals surface area contributed by atoms with Gasteiger partial charge >= 0.3 is 0 Å². The van der Waals surface area contributed by atoms with E-state index >= 15 is 0 Å². The number of rotatable bonds is 5. The number of aromatic nitrogens is 4. The summed E-state index contributed by atoms with van der Waals surface area (Å²) in [5.74, 6) is 1.74. The lowest BCUT2D eigenvalue weighted by atomic mass is 9.99. The smallest absolute Gasteiger partial charge is 0.235 e. The Morgan fingerprint density at radius 3 is 2.60 bits per heavy atom. The largest absolute Gasteiger partial charge is 0.342 e. The molecular formula is C18H25N5OS. The molecule has 6 nitrogen and oxygen atoms in total. The van der Waals surface area contributed by atoms with Crippen molar-refractivity contribution in [2.45, 2.75) is 50.6 Å². The van der Waals surface area contributed by atoms with E-state index in [-0.39, 0.29) is 11.2 Å². The number of hydrogen-bond donors (Lipinski definition) is 0. The number of pyridine rings is 1. The second-order valence-corrected chi connectivity index (χ2v) is 7.86. The molecule has 0 aromatic carbocycles. The fourth-order valence-corrected chi connectivity index (χ4v) is 4.07. The molecule has 1 amide bonds. The number of piperidine rings is 1. The van der Waals surface area contributed by atoms with Crippen LogP contribution in [0.15, 0.2) is 29.7 Å². The number of hydrogen-bond acceptors (Lipinski definition) is 5. The number of amides is 1. The van der Waals surface area contributed by atoms with Crippen molar-refractivity contribution in [1.82, 2.24) is 24.6 Å². The third kappa shape index (κ3) is 4.03. The van der Waals surface area contributed by atoms with Crippen LogP contribution < -0.4 is 0 Å². The molecule has 0 spiro atoms. The quantitative estimate of drug-likeness (QED) is 0.768. The molecule has 3 rings (SSSR count). The Morgan fingerprint density at radius 1 is 1.28 bits per heavy atom. The van der Waals surface area contributed by atoms with Crippen molar-refractivity contribution in [1.29, 1.82) is 0 Å². The highest BCUT2D eigenvalue weighted by Crippen LogP contribution is 2.28. The first-order chi connectivity index (χ1) is 12.1. The summed E-state index contributed by atoms with van der Waals surface area (Å²) in [5, 5.41) is 9.29. The first-order valence-electron chi connectivity index (χ1n) is 8.89. The van der Waals surface area contributed by atoms with Gasteiger partial charge in [0.15, 0.2) is 11.0 Å². The van der Waals surface area contributed by atoms with Crippen LogP contribution in [0.1, 0.15) is 33.6 Å². The molecule has 0 radical (unpaired) electrons. The molecule has 2 aromatic rings. The zero-order valence-electron chi connectivity index (χ0n) is 15.1. The van der Waals surface area contributed by atoms with Crippen molar-refractivity contribution in [3.8, 4) is 11.4 Å². The third-order valence-corrected chi connectivity index (χ3v) is 5.76. The van der Waals surface area contributed by atoms with Crippen LogP contribution in [0.2, 0.25) is 0 Å². The minimum atomic E-state index is -0.159. The molecule has 1 atom stereocenters. The molecule has 3 heterocycles. The maximum Gasteiger partial charge on any atom is 0.235 e. The topological polar surface area (TPSA) is 63.9 Å². The monoisotopic (exact) mass is 359 g/mol. The predicted molar refractivity (Wildman–Crippen MR) is 99.2 cm³/mol. The van der Waals surface area contributed by atoms with Crippen molar-refractivity contribution in [3.05, 3.63) is 24.5 Å². The lowest BCUT2D eigenvalue weighted by molar-refractivity contribution is -0.131. The molecular weight excluding hydrogens is 334 g/mol. The number of likely N-dealkylation sites (tertiary alicyclic amines) is 1. The fourth-order valence-electron chi connectivity index (χ4n) is 3.07. The summed E-state index contributed by atoms with van der Waals surface area (Å²) >= 11 is 1.50. The predicted octanol–water partition coefficient (Wildman–Crippen LogP) is 3.10. The van der Waals surface area contributed by atoms with Gasteiger partial charge in [-0.25, -0.2) is 0 Å². The summed E-state index contributed by atoms with van der Waals surface area (Å²) in [7, 11) is 0. The van der Waals surface area contributed by atoms with Gasteiger partial charge in [0.25, 0.3) is 0 Å². The lowest BCUT2D eigenvalue weighted by Crippen LogP contribution is -2.41. The van der Waals surface area contributed by atoms with Gasteiger partial charge in [-0.1, -0.05) is 18.7 Å². The Hall–Kier alpha value is -1.89. The Balaban J connectivity index is 1.72. The Bertz CT molecular complexity index is 710. The van der Waals surface area contributed by atoms with E-state index in [2.05, 4.69) is 33.6 Å². The van der Waals surface area contributed by atoms with Gasteiger partial charge < -0.3 is 9.47 Å². The van der Waals surface area contributed by atoms with E-state index < -0.39 is 0 Å². The molecule has 1 aliphatic heterocycles. The number of nitrogens with zero attached hydrogens (tertiary/aromatic N) is 5. The Kier molecular flexibility index (Phi) is 5.73. The summed E-state index contributed by atoms with van der Waals surface area (Å²) in [6.45, 7) is 8.78. The molecule has 1 saturated heterocycles. The Morgan fingerprint density at radius 2 is 1.96 bits per heavy atom. The van der Waals surface area contributed by atoms with Crippen LogP contribution in [0.4, 0.5) is 0 Å². The third-order valence-electron chi connectivity index (χ3n) is 4.70. The van der Waals surface area contributed by atoms with E-state index in [1.165, 1.54) is 11.8 Å². The van der Waals surface area contributed by atoms with E-state index in [4.69, 9.17) is 0 Å². The van der Waals surface area contributed by atoms with E-state index in [0.717, 1.165) is 54.9 Å². The highest BCUT2D eigenvalue weighted by Gasteiger charge is 2.26. The molecule has 134 valence electrons. The van der Waals surface area contributed by atoms with Crippen LogP contribution in [0, 0.1) is 5.92 Å². The fraction of sp³-hybridized carbons (Fsp3) is 0.556. The summed E-state index contributed by atoms with van der Waals surface area (Å²) in [6, 6.07) is 3.85. The molecule has 1 aliphatic rings. The maximum absolute atomic E-state index is 12.7. The summed E-state index contributed by atoms with van der Waals surface area (Å²) in [5.41, 5.74) is 0.986.